The Balaban J connectivity index is 2.71. The summed E-state index contributed by atoms with van der Waals surface area (Å²) in [7, 11) is 0. The largest absolute Gasteiger partial charge is 0.464 e. The molecule has 1 heterocycles. The number of rotatable bonds is 7. The van der Waals surface area contributed by atoms with Gasteiger partial charge < -0.3 is 20.5 Å². The third-order valence-corrected chi connectivity index (χ3v) is 2.05. The van der Waals surface area contributed by atoms with Gasteiger partial charge in [-0.2, -0.15) is 15.0 Å². The van der Waals surface area contributed by atoms with Crippen molar-refractivity contribution < 1.29 is 14.3 Å². The molecule has 1 aromatic rings. The van der Waals surface area contributed by atoms with Crippen LogP contribution in [0, 0.1) is 0 Å². The highest BCUT2D eigenvalue weighted by Gasteiger charge is 2.16. The van der Waals surface area contributed by atoms with E-state index in [4.69, 9.17) is 15.2 Å². The predicted molar refractivity (Wildman–Crippen MR) is 69.7 cm³/mol. The van der Waals surface area contributed by atoms with Gasteiger partial charge in [0.2, 0.25) is 11.9 Å². The second-order valence-electron chi connectivity index (χ2n) is 3.77. The lowest BCUT2D eigenvalue weighted by Gasteiger charge is -2.13. The average molecular weight is 269 g/mol. The number of hydrogen-bond donors (Lipinski definition) is 2. The number of anilines is 2. The van der Waals surface area contributed by atoms with Gasteiger partial charge in [0.1, 0.15) is 6.04 Å². The Bertz CT molecular complexity index is 427. The van der Waals surface area contributed by atoms with Gasteiger partial charge in [-0.15, -0.1) is 0 Å². The van der Waals surface area contributed by atoms with E-state index in [2.05, 4.69) is 20.3 Å². The first-order valence-corrected chi connectivity index (χ1v) is 6.14. The molecule has 0 amide bonds. The zero-order valence-corrected chi connectivity index (χ0v) is 11.3. The molecule has 0 aromatic carbocycles. The van der Waals surface area contributed by atoms with E-state index in [1.54, 1.807) is 13.8 Å². The van der Waals surface area contributed by atoms with Gasteiger partial charge in [0, 0.05) is 0 Å². The monoisotopic (exact) mass is 269 g/mol. The van der Waals surface area contributed by atoms with E-state index in [1.165, 1.54) is 0 Å². The van der Waals surface area contributed by atoms with Crippen molar-refractivity contribution in [3.8, 4) is 6.01 Å². The molecule has 1 unspecified atom stereocenters. The van der Waals surface area contributed by atoms with Crippen molar-refractivity contribution in [3.63, 3.8) is 0 Å². The van der Waals surface area contributed by atoms with Crippen LogP contribution in [0.2, 0.25) is 0 Å². The number of esters is 1. The summed E-state index contributed by atoms with van der Waals surface area (Å²) in [6.45, 7) is 6.14. The van der Waals surface area contributed by atoms with Crippen molar-refractivity contribution in [2.45, 2.75) is 33.2 Å². The Morgan fingerprint density at radius 3 is 2.74 bits per heavy atom. The maximum Gasteiger partial charge on any atom is 0.328 e. The van der Waals surface area contributed by atoms with Crippen LogP contribution in [0.15, 0.2) is 0 Å². The van der Waals surface area contributed by atoms with Crippen molar-refractivity contribution in [1.29, 1.82) is 0 Å². The van der Waals surface area contributed by atoms with Crippen LogP contribution in [-0.4, -0.2) is 40.2 Å². The topological polar surface area (TPSA) is 112 Å². The van der Waals surface area contributed by atoms with Crippen LogP contribution < -0.4 is 15.8 Å². The summed E-state index contributed by atoms with van der Waals surface area (Å²) < 4.78 is 10.1. The van der Waals surface area contributed by atoms with E-state index in [-0.39, 0.29) is 17.9 Å². The first-order chi connectivity index (χ1) is 9.06. The van der Waals surface area contributed by atoms with Crippen LogP contribution in [0.4, 0.5) is 11.9 Å². The van der Waals surface area contributed by atoms with Crippen LogP contribution in [0.25, 0.3) is 0 Å². The number of carbonyl (C=O) groups excluding carboxylic acids is 1. The molecule has 1 aromatic heterocycles. The Morgan fingerprint density at radius 2 is 2.11 bits per heavy atom. The van der Waals surface area contributed by atoms with Gasteiger partial charge in [-0.25, -0.2) is 4.79 Å². The molecule has 0 fully saturated rings. The smallest absolute Gasteiger partial charge is 0.328 e. The molecule has 19 heavy (non-hydrogen) atoms. The zero-order valence-electron chi connectivity index (χ0n) is 11.3. The number of carbonyl (C=O) groups is 1. The van der Waals surface area contributed by atoms with Gasteiger partial charge >= 0.3 is 12.0 Å². The summed E-state index contributed by atoms with van der Waals surface area (Å²) in [6.07, 6.45) is 0.827. The molecular weight excluding hydrogens is 250 g/mol. The fourth-order valence-corrected chi connectivity index (χ4v) is 1.21. The number of hydrogen-bond acceptors (Lipinski definition) is 8. The molecule has 1 rings (SSSR count). The number of nitrogens with zero attached hydrogens (tertiary/aromatic N) is 3. The Labute approximate surface area is 111 Å². The van der Waals surface area contributed by atoms with Crippen molar-refractivity contribution in [2.24, 2.45) is 0 Å². The number of ether oxygens (including phenoxy) is 2. The number of nitrogens with one attached hydrogen (secondary N) is 1. The Hall–Kier alpha value is -2.12. The molecule has 1 atom stereocenters. The van der Waals surface area contributed by atoms with Gasteiger partial charge in [0.25, 0.3) is 0 Å². The third kappa shape index (κ3) is 4.94. The number of aromatic nitrogens is 3. The summed E-state index contributed by atoms with van der Waals surface area (Å²) in [4.78, 5) is 23.2. The molecule has 8 heteroatoms. The fourth-order valence-electron chi connectivity index (χ4n) is 1.21. The van der Waals surface area contributed by atoms with Gasteiger partial charge in [-0.3, -0.25) is 0 Å². The first-order valence-electron chi connectivity index (χ1n) is 6.14. The van der Waals surface area contributed by atoms with Crippen LogP contribution in [0.3, 0.4) is 0 Å². The maximum atomic E-state index is 11.5. The molecule has 0 saturated carbocycles. The summed E-state index contributed by atoms with van der Waals surface area (Å²) in [5.41, 5.74) is 5.54. The van der Waals surface area contributed by atoms with E-state index < -0.39 is 12.0 Å². The molecule has 3 N–H and O–H groups in total. The molecule has 0 aliphatic heterocycles. The summed E-state index contributed by atoms with van der Waals surface area (Å²) in [6, 6.07) is -0.450. The molecule has 106 valence electrons. The summed E-state index contributed by atoms with van der Waals surface area (Å²) in [5, 5.41) is 2.79. The summed E-state index contributed by atoms with van der Waals surface area (Å²) in [5.74, 6) is -0.184. The van der Waals surface area contributed by atoms with E-state index in [0.717, 1.165) is 6.42 Å². The molecule has 0 saturated heterocycles. The van der Waals surface area contributed by atoms with Crippen LogP contribution in [-0.2, 0) is 9.53 Å². The van der Waals surface area contributed by atoms with Crippen molar-refractivity contribution >= 4 is 17.9 Å². The maximum absolute atomic E-state index is 11.5. The van der Waals surface area contributed by atoms with Crippen molar-refractivity contribution in [1.82, 2.24) is 15.0 Å². The van der Waals surface area contributed by atoms with Crippen LogP contribution >= 0.6 is 0 Å². The fraction of sp³-hybridized carbons (Fsp3) is 0.636. The van der Waals surface area contributed by atoms with Crippen molar-refractivity contribution in [2.75, 3.05) is 24.3 Å². The number of nitrogens with two attached hydrogens (primary N) is 1. The van der Waals surface area contributed by atoms with Gasteiger partial charge in [-0.05, 0) is 20.3 Å². The normalized spacial score (nSPS) is 11.7. The van der Waals surface area contributed by atoms with E-state index >= 15 is 0 Å². The molecule has 0 bridgehead atoms. The van der Waals surface area contributed by atoms with Gasteiger partial charge in [0.05, 0.1) is 13.2 Å². The standard InChI is InChI=1S/C11H19N5O3/c1-4-6-19-11-15-9(12)14-10(16-11)13-7(3)8(17)18-5-2/h7H,4-6H2,1-3H3,(H3,12,13,14,15,16). The van der Waals surface area contributed by atoms with Gasteiger partial charge in [0.15, 0.2) is 0 Å². The van der Waals surface area contributed by atoms with Crippen molar-refractivity contribution in [3.05, 3.63) is 0 Å². The average Bonchev–Trinajstić information content (AvgIpc) is 2.36. The second-order valence-corrected chi connectivity index (χ2v) is 3.77. The molecule has 0 radical (unpaired) electrons. The minimum atomic E-state index is -0.583. The molecular formula is C11H19N5O3. The molecule has 0 spiro atoms. The minimum absolute atomic E-state index is 0.0275. The Morgan fingerprint density at radius 1 is 1.37 bits per heavy atom. The lowest BCUT2D eigenvalue weighted by molar-refractivity contribution is -0.143. The second kappa shape index (κ2) is 7.34. The number of nitrogen functional groups attached to an aromatic ring is 1. The SMILES string of the molecule is CCCOc1nc(N)nc(NC(C)C(=O)OCC)n1. The highest BCUT2D eigenvalue weighted by molar-refractivity contribution is 5.78. The zero-order chi connectivity index (χ0) is 14.3. The van der Waals surface area contributed by atoms with E-state index in [1.807, 2.05) is 6.92 Å². The quantitative estimate of drug-likeness (QED) is 0.692. The Kier molecular flexibility index (Phi) is 5.77. The third-order valence-electron chi connectivity index (χ3n) is 2.05. The molecule has 8 nitrogen and oxygen atoms in total. The lowest BCUT2D eigenvalue weighted by Crippen LogP contribution is -2.29. The van der Waals surface area contributed by atoms with Crippen LogP contribution in [0.1, 0.15) is 27.2 Å². The highest BCUT2D eigenvalue weighted by atomic mass is 16.5. The predicted octanol–water partition coefficient (Wildman–Crippen LogP) is 0.606. The summed E-state index contributed by atoms with van der Waals surface area (Å²) >= 11 is 0. The highest BCUT2D eigenvalue weighted by Crippen LogP contribution is 2.10. The van der Waals surface area contributed by atoms with E-state index in [0.29, 0.717) is 13.2 Å². The lowest BCUT2D eigenvalue weighted by atomic mass is 10.3. The minimum Gasteiger partial charge on any atom is -0.464 e. The van der Waals surface area contributed by atoms with Gasteiger partial charge in [-0.1, -0.05) is 6.92 Å². The van der Waals surface area contributed by atoms with Crippen LogP contribution in [0.5, 0.6) is 6.01 Å². The molecule has 0 aliphatic carbocycles. The first kappa shape index (κ1) is 14.9. The van der Waals surface area contributed by atoms with E-state index in [9.17, 15) is 4.79 Å². The molecule has 0 aliphatic rings.